The molecule has 0 bridgehead atoms. The molecule has 4 rings (SSSR count). The first-order chi connectivity index (χ1) is 14.7. The number of fused-ring (bicyclic) bond motifs is 1. The summed E-state index contributed by atoms with van der Waals surface area (Å²) < 4.78 is 21.8. The maximum Gasteiger partial charge on any atom is 0.257 e. The zero-order valence-electron chi connectivity index (χ0n) is 16.8. The molecular weight excluding hydrogens is 386 g/mol. The van der Waals surface area contributed by atoms with Crippen molar-refractivity contribution in [3.8, 4) is 17.2 Å². The van der Waals surface area contributed by atoms with Gasteiger partial charge in [0.1, 0.15) is 5.75 Å². The quantitative estimate of drug-likeness (QED) is 0.561. The first-order valence-electron chi connectivity index (χ1n) is 10.1. The zero-order valence-corrected chi connectivity index (χ0v) is 16.8. The van der Waals surface area contributed by atoms with Crippen LogP contribution in [0.15, 0.2) is 47.5 Å². The molecule has 2 heterocycles. The van der Waals surface area contributed by atoms with E-state index in [2.05, 4.69) is 15.6 Å². The van der Waals surface area contributed by atoms with E-state index in [1.165, 1.54) is 0 Å². The summed E-state index contributed by atoms with van der Waals surface area (Å²) in [7, 11) is 0. The lowest BCUT2D eigenvalue weighted by atomic mass is 10.2. The van der Waals surface area contributed by atoms with Gasteiger partial charge in [-0.3, -0.25) is 10.1 Å². The Morgan fingerprint density at radius 1 is 1.17 bits per heavy atom. The molecule has 0 aliphatic carbocycles. The van der Waals surface area contributed by atoms with Crippen molar-refractivity contribution in [2.45, 2.75) is 25.9 Å². The van der Waals surface area contributed by atoms with Crippen LogP contribution in [0.1, 0.15) is 30.1 Å². The summed E-state index contributed by atoms with van der Waals surface area (Å²) in [5.41, 5.74) is 1.24. The third-order valence-electron chi connectivity index (χ3n) is 4.77. The number of hydrogen-bond acceptors (Lipinski definition) is 6. The molecule has 0 spiro atoms. The van der Waals surface area contributed by atoms with Crippen LogP contribution < -0.4 is 24.8 Å². The van der Waals surface area contributed by atoms with Gasteiger partial charge in [0.05, 0.1) is 19.3 Å². The van der Waals surface area contributed by atoms with Gasteiger partial charge >= 0.3 is 0 Å². The standard InChI is InChI=1S/C22H25N3O5/c1-2-27-17-8-5-15(6-9-17)21(26)25-22(23-13-18-4-3-11-28-18)24-16-7-10-19-20(12-16)30-14-29-19/h5-10,12,18H,2-4,11,13-14H2,1H3,(H2,23,24,25,26). The van der Waals surface area contributed by atoms with Crippen molar-refractivity contribution in [1.29, 1.82) is 0 Å². The Balaban J connectivity index is 1.47. The minimum atomic E-state index is -0.266. The monoisotopic (exact) mass is 411 g/mol. The van der Waals surface area contributed by atoms with Crippen LogP contribution >= 0.6 is 0 Å². The average Bonchev–Trinajstić information content (AvgIpc) is 3.44. The Labute approximate surface area is 175 Å². The number of hydrogen-bond donors (Lipinski definition) is 2. The molecule has 2 N–H and O–H groups in total. The lowest BCUT2D eigenvalue weighted by Crippen LogP contribution is -2.36. The molecule has 1 unspecified atom stereocenters. The Morgan fingerprint density at radius 3 is 2.77 bits per heavy atom. The molecule has 0 aromatic heterocycles. The van der Waals surface area contributed by atoms with Crippen LogP contribution in [0.4, 0.5) is 5.69 Å². The van der Waals surface area contributed by atoms with Gasteiger partial charge in [-0.2, -0.15) is 0 Å². The molecule has 1 amide bonds. The molecule has 2 aliphatic heterocycles. The van der Waals surface area contributed by atoms with Crippen LogP contribution in [0.3, 0.4) is 0 Å². The van der Waals surface area contributed by atoms with E-state index in [-0.39, 0.29) is 18.8 Å². The summed E-state index contributed by atoms with van der Waals surface area (Å²) in [6.45, 7) is 3.91. The Bertz CT molecular complexity index is 907. The van der Waals surface area contributed by atoms with Crippen LogP contribution in [0.25, 0.3) is 0 Å². The number of carbonyl (C=O) groups is 1. The largest absolute Gasteiger partial charge is 0.494 e. The number of guanidine groups is 1. The van der Waals surface area contributed by atoms with Crippen molar-refractivity contribution in [3.05, 3.63) is 48.0 Å². The molecule has 30 heavy (non-hydrogen) atoms. The van der Waals surface area contributed by atoms with Crippen molar-refractivity contribution >= 4 is 17.6 Å². The highest BCUT2D eigenvalue weighted by atomic mass is 16.7. The molecule has 158 valence electrons. The van der Waals surface area contributed by atoms with Crippen LogP contribution in [-0.2, 0) is 4.74 Å². The highest BCUT2D eigenvalue weighted by Gasteiger charge is 2.17. The third-order valence-corrected chi connectivity index (χ3v) is 4.77. The van der Waals surface area contributed by atoms with Crippen molar-refractivity contribution < 1.29 is 23.7 Å². The summed E-state index contributed by atoms with van der Waals surface area (Å²) in [6.07, 6.45) is 2.07. The van der Waals surface area contributed by atoms with Crippen molar-refractivity contribution in [2.24, 2.45) is 4.99 Å². The minimum absolute atomic E-state index is 0.0703. The maximum absolute atomic E-state index is 12.7. The second-order valence-corrected chi connectivity index (χ2v) is 6.93. The van der Waals surface area contributed by atoms with Crippen LogP contribution in [0.5, 0.6) is 17.2 Å². The maximum atomic E-state index is 12.7. The van der Waals surface area contributed by atoms with E-state index in [1.807, 2.05) is 25.1 Å². The summed E-state index contributed by atoms with van der Waals surface area (Å²) in [6, 6.07) is 12.5. The molecule has 2 aliphatic rings. The van der Waals surface area contributed by atoms with Gasteiger partial charge in [0.15, 0.2) is 11.5 Å². The van der Waals surface area contributed by atoms with Gasteiger partial charge in [-0.1, -0.05) is 0 Å². The van der Waals surface area contributed by atoms with E-state index in [1.54, 1.807) is 24.3 Å². The number of carbonyl (C=O) groups excluding carboxylic acids is 1. The lowest BCUT2D eigenvalue weighted by Gasteiger charge is -2.14. The summed E-state index contributed by atoms with van der Waals surface area (Å²) in [4.78, 5) is 17.3. The lowest BCUT2D eigenvalue weighted by molar-refractivity contribution is 0.0975. The number of nitrogens with one attached hydrogen (secondary N) is 2. The smallest absolute Gasteiger partial charge is 0.257 e. The number of nitrogens with zero attached hydrogens (tertiary/aromatic N) is 1. The number of benzene rings is 2. The molecule has 8 heteroatoms. The molecule has 1 atom stereocenters. The van der Waals surface area contributed by atoms with E-state index in [9.17, 15) is 4.79 Å². The van der Waals surface area contributed by atoms with Crippen LogP contribution in [-0.4, -0.2) is 44.5 Å². The average molecular weight is 411 g/mol. The van der Waals surface area contributed by atoms with E-state index in [0.29, 0.717) is 36.2 Å². The fourth-order valence-corrected chi connectivity index (χ4v) is 3.25. The number of anilines is 1. The molecule has 0 radical (unpaired) electrons. The van der Waals surface area contributed by atoms with E-state index in [4.69, 9.17) is 18.9 Å². The zero-order chi connectivity index (χ0) is 20.8. The van der Waals surface area contributed by atoms with Crippen molar-refractivity contribution in [3.63, 3.8) is 0 Å². The summed E-state index contributed by atoms with van der Waals surface area (Å²) in [5.74, 6) is 2.15. The Morgan fingerprint density at radius 2 is 2.00 bits per heavy atom. The van der Waals surface area contributed by atoms with E-state index >= 15 is 0 Å². The van der Waals surface area contributed by atoms with E-state index < -0.39 is 0 Å². The highest BCUT2D eigenvalue weighted by Crippen LogP contribution is 2.34. The number of amides is 1. The van der Waals surface area contributed by atoms with Crippen LogP contribution in [0, 0.1) is 0 Å². The summed E-state index contributed by atoms with van der Waals surface area (Å²) >= 11 is 0. The van der Waals surface area contributed by atoms with Gasteiger partial charge < -0.3 is 24.3 Å². The fraction of sp³-hybridized carbons (Fsp3) is 0.364. The molecule has 2 aromatic rings. The highest BCUT2D eigenvalue weighted by molar-refractivity contribution is 6.10. The number of rotatable bonds is 6. The van der Waals surface area contributed by atoms with Gasteiger partial charge in [-0.25, -0.2) is 4.99 Å². The van der Waals surface area contributed by atoms with Crippen molar-refractivity contribution in [2.75, 3.05) is 31.9 Å². The topological polar surface area (TPSA) is 90.4 Å². The Kier molecular flexibility index (Phi) is 6.34. The number of aliphatic imine (C=N–C) groups is 1. The van der Waals surface area contributed by atoms with Gasteiger partial charge in [-0.15, -0.1) is 0 Å². The fourth-order valence-electron chi connectivity index (χ4n) is 3.25. The van der Waals surface area contributed by atoms with E-state index in [0.717, 1.165) is 30.9 Å². The van der Waals surface area contributed by atoms with Gasteiger partial charge in [0, 0.05) is 23.9 Å². The molecule has 1 fully saturated rings. The molecular formula is C22H25N3O5. The summed E-state index contributed by atoms with van der Waals surface area (Å²) in [5, 5.41) is 6.02. The van der Waals surface area contributed by atoms with Gasteiger partial charge in [0.2, 0.25) is 12.8 Å². The predicted molar refractivity (Wildman–Crippen MR) is 113 cm³/mol. The van der Waals surface area contributed by atoms with Crippen molar-refractivity contribution in [1.82, 2.24) is 5.32 Å². The Hall–Kier alpha value is -3.26. The molecule has 2 aromatic carbocycles. The molecule has 1 saturated heterocycles. The number of ether oxygens (including phenoxy) is 4. The first kappa shape index (κ1) is 20.0. The second-order valence-electron chi connectivity index (χ2n) is 6.93. The van der Waals surface area contributed by atoms with Gasteiger partial charge in [0.25, 0.3) is 5.91 Å². The molecule has 0 saturated carbocycles. The second kappa shape index (κ2) is 9.49. The van der Waals surface area contributed by atoms with Crippen LogP contribution in [0.2, 0.25) is 0 Å². The third kappa shape index (κ3) is 5.01. The normalized spacial score (nSPS) is 17.6. The predicted octanol–water partition coefficient (Wildman–Crippen LogP) is 3.19. The first-order valence-corrected chi connectivity index (χ1v) is 10.1. The van der Waals surface area contributed by atoms with Gasteiger partial charge in [-0.05, 0) is 56.2 Å². The molecule has 8 nitrogen and oxygen atoms in total. The minimum Gasteiger partial charge on any atom is -0.494 e. The SMILES string of the molecule is CCOc1ccc(C(=O)NC(=NCC2CCCO2)Nc2ccc3c(c2)OCO3)cc1.